The quantitative estimate of drug-likeness (QED) is 0.830. The third-order valence-electron chi connectivity index (χ3n) is 5.00. The van der Waals surface area contributed by atoms with Crippen molar-refractivity contribution in [2.75, 3.05) is 0 Å². The van der Waals surface area contributed by atoms with Gasteiger partial charge in [-0.1, -0.05) is 36.9 Å². The minimum Gasteiger partial charge on any atom is -0.307 e. The number of halogens is 1. The van der Waals surface area contributed by atoms with Gasteiger partial charge in [0.05, 0.1) is 0 Å². The van der Waals surface area contributed by atoms with Crippen molar-refractivity contribution in [2.24, 2.45) is 5.92 Å². The Labute approximate surface area is 121 Å². The lowest BCUT2D eigenvalue weighted by molar-refractivity contribution is 0.264. The van der Waals surface area contributed by atoms with Crippen LogP contribution in [-0.4, -0.2) is 6.04 Å². The predicted molar refractivity (Wildman–Crippen MR) is 81.7 cm³/mol. The first-order valence-corrected chi connectivity index (χ1v) is 8.16. The molecule has 1 aromatic carbocycles. The first kappa shape index (κ1) is 13.5. The number of hydrogen-bond donors (Lipinski definition) is 1. The molecule has 2 aliphatic rings. The second-order valence-electron chi connectivity index (χ2n) is 6.29. The molecule has 104 valence electrons. The molecule has 1 saturated carbocycles. The van der Waals surface area contributed by atoms with Crippen LogP contribution in [0.3, 0.4) is 0 Å². The van der Waals surface area contributed by atoms with Gasteiger partial charge >= 0.3 is 0 Å². The zero-order valence-corrected chi connectivity index (χ0v) is 12.5. The molecule has 1 aromatic rings. The lowest BCUT2D eigenvalue weighted by Crippen LogP contribution is -2.36. The van der Waals surface area contributed by atoms with Gasteiger partial charge in [0.1, 0.15) is 0 Å². The standard InChI is InChI=1S/C17H24ClN/c1-12(13-5-3-2-4-6-13)19-17-10-7-14-11-15(18)8-9-16(14)17/h8-9,11-13,17,19H,2-7,10H2,1H3/t12-,17?/m1/s1. The highest BCUT2D eigenvalue weighted by molar-refractivity contribution is 6.30. The van der Waals surface area contributed by atoms with Crippen LogP contribution in [0.2, 0.25) is 5.02 Å². The van der Waals surface area contributed by atoms with Gasteiger partial charge in [0.25, 0.3) is 0 Å². The van der Waals surface area contributed by atoms with Crippen molar-refractivity contribution in [1.29, 1.82) is 0 Å². The molecule has 0 aromatic heterocycles. The maximum absolute atomic E-state index is 6.08. The fourth-order valence-electron chi connectivity index (χ4n) is 3.85. The monoisotopic (exact) mass is 277 g/mol. The molecule has 0 aliphatic heterocycles. The Kier molecular flexibility index (Phi) is 4.14. The molecular formula is C17H24ClN. The average molecular weight is 278 g/mol. The Bertz CT molecular complexity index is 437. The molecule has 2 heteroatoms. The Morgan fingerprint density at radius 3 is 2.74 bits per heavy atom. The molecule has 1 unspecified atom stereocenters. The van der Waals surface area contributed by atoms with Gasteiger partial charge in [-0.3, -0.25) is 0 Å². The Balaban J connectivity index is 1.65. The van der Waals surface area contributed by atoms with Gasteiger partial charge < -0.3 is 5.32 Å². The van der Waals surface area contributed by atoms with E-state index in [9.17, 15) is 0 Å². The Morgan fingerprint density at radius 1 is 1.16 bits per heavy atom. The highest BCUT2D eigenvalue weighted by atomic mass is 35.5. The van der Waals surface area contributed by atoms with Crippen LogP contribution in [0, 0.1) is 5.92 Å². The van der Waals surface area contributed by atoms with E-state index in [2.05, 4.69) is 24.4 Å². The number of benzene rings is 1. The minimum atomic E-state index is 0.546. The van der Waals surface area contributed by atoms with Gasteiger partial charge in [0, 0.05) is 17.1 Å². The molecule has 1 nitrogen and oxygen atoms in total. The van der Waals surface area contributed by atoms with Gasteiger partial charge in [0.2, 0.25) is 0 Å². The van der Waals surface area contributed by atoms with E-state index in [0.29, 0.717) is 12.1 Å². The maximum atomic E-state index is 6.08. The van der Waals surface area contributed by atoms with Crippen LogP contribution in [0.15, 0.2) is 18.2 Å². The Hall–Kier alpha value is -0.530. The number of hydrogen-bond acceptors (Lipinski definition) is 1. The van der Waals surface area contributed by atoms with E-state index in [-0.39, 0.29) is 0 Å². The molecule has 0 radical (unpaired) electrons. The molecule has 0 saturated heterocycles. The van der Waals surface area contributed by atoms with Crippen LogP contribution in [0.1, 0.15) is 62.6 Å². The van der Waals surface area contributed by atoms with Crippen LogP contribution in [0.4, 0.5) is 0 Å². The van der Waals surface area contributed by atoms with Crippen LogP contribution in [0.5, 0.6) is 0 Å². The number of rotatable bonds is 3. The van der Waals surface area contributed by atoms with Crippen molar-refractivity contribution in [3.05, 3.63) is 34.3 Å². The number of nitrogens with one attached hydrogen (secondary N) is 1. The summed E-state index contributed by atoms with van der Waals surface area (Å²) in [5, 5.41) is 4.76. The summed E-state index contributed by atoms with van der Waals surface area (Å²) >= 11 is 6.08. The van der Waals surface area contributed by atoms with Crippen molar-refractivity contribution in [3.63, 3.8) is 0 Å². The normalized spacial score (nSPS) is 25.3. The molecule has 1 fully saturated rings. The number of aryl methyl sites for hydroxylation is 1. The summed E-state index contributed by atoms with van der Waals surface area (Å²) in [6.45, 7) is 2.38. The summed E-state index contributed by atoms with van der Waals surface area (Å²) in [5.41, 5.74) is 2.92. The van der Waals surface area contributed by atoms with E-state index in [0.717, 1.165) is 10.9 Å². The topological polar surface area (TPSA) is 12.0 Å². The summed E-state index contributed by atoms with van der Waals surface area (Å²) in [7, 11) is 0. The second-order valence-corrected chi connectivity index (χ2v) is 6.72. The molecule has 0 amide bonds. The van der Waals surface area contributed by atoms with Crippen LogP contribution in [0.25, 0.3) is 0 Å². The minimum absolute atomic E-state index is 0.546. The molecular weight excluding hydrogens is 254 g/mol. The van der Waals surface area contributed by atoms with E-state index in [1.165, 1.54) is 56.1 Å². The molecule has 2 aliphatic carbocycles. The first-order valence-electron chi connectivity index (χ1n) is 7.78. The summed E-state index contributed by atoms with van der Waals surface area (Å²) in [5.74, 6) is 0.880. The Morgan fingerprint density at radius 2 is 1.95 bits per heavy atom. The summed E-state index contributed by atoms with van der Waals surface area (Å²) < 4.78 is 0. The largest absolute Gasteiger partial charge is 0.307 e. The van der Waals surface area contributed by atoms with Crippen molar-refractivity contribution >= 4 is 11.6 Å². The molecule has 3 rings (SSSR count). The van der Waals surface area contributed by atoms with Crippen LogP contribution >= 0.6 is 11.6 Å². The van der Waals surface area contributed by atoms with Crippen molar-refractivity contribution in [3.8, 4) is 0 Å². The van der Waals surface area contributed by atoms with E-state index in [4.69, 9.17) is 11.6 Å². The van der Waals surface area contributed by atoms with Crippen LogP contribution in [-0.2, 0) is 6.42 Å². The highest BCUT2D eigenvalue weighted by Crippen LogP contribution is 2.35. The molecule has 2 atom stereocenters. The van der Waals surface area contributed by atoms with Crippen molar-refractivity contribution in [2.45, 2.75) is 64.0 Å². The second kappa shape index (κ2) is 5.85. The molecule has 1 N–H and O–H groups in total. The SMILES string of the molecule is C[C@@H](NC1CCc2cc(Cl)ccc21)C1CCCCC1. The van der Waals surface area contributed by atoms with E-state index >= 15 is 0 Å². The molecule has 19 heavy (non-hydrogen) atoms. The lowest BCUT2D eigenvalue weighted by Gasteiger charge is -2.31. The fourth-order valence-corrected chi connectivity index (χ4v) is 4.04. The molecule has 0 heterocycles. The van der Waals surface area contributed by atoms with Gasteiger partial charge in [-0.2, -0.15) is 0 Å². The van der Waals surface area contributed by atoms with E-state index in [1.54, 1.807) is 0 Å². The van der Waals surface area contributed by atoms with Crippen LogP contribution < -0.4 is 5.32 Å². The van der Waals surface area contributed by atoms with E-state index < -0.39 is 0 Å². The van der Waals surface area contributed by atoms with Gasteiger partial charge in [-0.15, -0.1) is 0 Å². The van der Waals surface area contributed by atoms with Crippen molar-refractivity contribution < 1.29 is 0 Å². The smallest absolute Gasteiger partial charge is 0.0408 e. The average Bonchev–Trinajstić information content (AvgIpc) is 2.82. The first-order chi connectivity index (χ1) is 9.24. The zero-order valence-electron chi connectivity index (χ0n) is 11.8. The highest BCUT2D eigenvalue weighted by Gasteiger charge is 2.27. The van der Waals surface area contributed by atoms with Gasteiger partial charge in [0.15, 0.2) is 0 Å². The summed E-state index contributed by atoms with van der Waals surface area (Å²) in [6, 6.07) is 7.59. The third kappa shape index (κ3) is 2.98. The van der Waals surface area contributed by atoms with Crippen molar-refractivity contribution in [1.82, 2.24) is 5.32 Å². The maximum Gasteiger partial charge on any atom is 0.0408 e. The van der Waals surface area contributed by atoms with Gasteiger partial charge in [-0.25, -0.2) is 0 Å². The van der Waals surface area contributed by atoms with E-state index in [1.807, 2.05) is 6.07 Å². The summed E-state index contributed by atoms with van der Waals surface area (Å²) in [4.78, 5) is 0. The van der Waals surface area contributed by atoms with Gasteiger partial charge in [-0.05, 0) is 61.8 Å². The number of fused-ring (bicyclic) bond motifs is 1. The molecule has 0 bridgehead atoms. The predicted octanol–water partition coefficient (Wildman–Crippen LogP) is 4.89. The summed E-state index contributed by atoms with van der Waals surface area (Å²) in [6.07, 6.45) is 9.51. The third-order valence-corrected chi connectivity index (χ3v) is 5.24. The molecule has 0 spiro atoms. The zero-order chi connectivity index (χ0) is 13.2. The fraction of sp³-hybridized carbons (Fsp3) is 0.647. The lowest BCUT2D eigenvalue weighted by atomic mass is 9.84.